The second-order valence-corrected chi connectivity index (χ2v) is 4.57. The summed E-state index contributed by atoms with van der Waals surface area (Å²) in [6, 6.07) is 0. The van der Waals surface area contributed by atoms with Gasteiger partial charge in [-0.1, -0.05) is 19.1 Å². The van der Waals surface area contributed by atoms with E-state index in [9.17, 15) is 4.79 Å². The molecule has 1 heterocycles. The van der Waals surface area contributed by atoms with Crippen LogP contribution in [0.1, 0.15) is 13.3 Å². The fourth-order valence-corrected chi connectivity index (χ4v) is 2.11. The van der Waals surface area contributed by atoms with Gasteiger partial charge in [-0.05, 0) is 22.1 Å². The number of carboxylic acids is 1. The Morgan fingerprint density at radius 2 is 2.42 bits per heavy atom. The number of carbonyl (C=O) groups is 1. The number of carboxylic acid groups (broad SMARTS) is 1. The van der Waals surface area contributed by atoms with Gasteiger partial charge < -0.3 is 5.11 Å². The third-order valence-corrected chi connectivity index (χ3v) is 3.24. The number of allylic oxidation sites excluding steroid dienone is 2. The van der Waals surface area contributed by atoms with Gasteiger partial charge in [-0.15, -0.1) is 0 Å². The lowest BCUT2D eigenvalue weighted by atomic mass is 10.2. The fraction of sp³-hybridized carbons (Fsp3) is 0.333. The van der Waals surface area contributed by atoms with Crippen molar-refractivity contribution in [3.8, 4) is 0 Å². The lowest BCUT2D eigenvalue weighted by molar-refractivity contribution is -0.136. The molecule has 0 radical (unpaired) electrons. The summed E-state index contributed by atoms with van der Waals surface area (Å²) in [5, 5.41) is 12.7. The van der Waals surface area contributed by atoms with Crippen molar-refractivity contribution in [3.63, 3.8) is 0 Å². The number of aliphatic carboxylic acids is 1. The number of rotatable bonds is 3. The van der Waals surface area contributed by atoms with Gasteiger partial charge in [-0.3, -0.25) is 4.79 Å². The average Bonchev–Trinajstić information content (AvgIpc) is 2.05. The number of hydrogen-bond donors (Lipinski definition) is 1. The van der Waals surface area contributed by atoms with Crippen LogP contribution < -0.4 is 0 Å². The molecule has 1 rings (SSSR count). The minimum absolute atomic E-state index is 0.133. The zero-order valence-electron chi connectivity index (χ0n) is 6.99. The quantitative estimate of drug-likeness (QED) is 0.681. The maximum Gasteiger partial charge on any atom is 0.307 e. The Labute approximate surface area is 74.5 Å². The molecule has 1 unspecified atom stereocenters. The lowest BCUT2D eigenvalue weighted by Gasteiger charge is -2.05. The summed E-state index contributed by atoms with van der Waals surface area (Å²) < 4.78 is 0. The molecule has 0 aromatic rings. The van der Waals surface area contributed by atoms with Crippen LogP contribution in [0, 0.1) is 0 Å². The molecule has 66 valence electrons. The highest BCUT2D eigenvalue weighted by Gasteiger charge is 2.02. The molecule has 0 fully saturated rings. The third-order valence-electron chi connectivity index (χ3n) is 1.60. The molecule has 1 aliphatic heterocycles. The molecule has 0 bridgehead atoms. The highest BCUT2D eigenvalue weighted by molar-refractivity contribution is 8.17. The zero-order chi connectivity index (χ0) is 8.97. The normalized spacial score (nSPS) is 21.4. The Kier molecular flexibility index (Phi) is 3.29. The average molecular weight is 184 g/mol. The van der Waals surface area contributed by atoms with E-state index in [0.717, 1.165) is 11.3 Å². The summed E-state index contributed by atoms with van der Waals surface area (Å²) in [5.74, 6) is 0.338. The summed E-state index contributed by atoms with van der Waals surface area (Å²) >= 11 is 0. The smallest absolute Gasteiger partial charge is 0.307 e. The molecule has 1 atom stereocenters. The topological polar surface area (TPSA) is 37.3 Å². The highest BCUT2D eigenvalue weighted by Crippen LogP contribution is 2.19. The Morgan fingerprint density at radius 1 is 1.67 bits per heavy atom. The summed E-state index contributed by atoms with van der Waals surface area (Å²) in [5.41, 5.74) is 0.889. The Balaban J connectivity index is 2.63. The Hall–Kier alpha value is -0.830. The third kappa shape index (κ3) is 2.66. The van der Waals surface area contributed by atoms with Gasteiger partial charge in [0, 0.05) is 0 Å². The van der Waals surface area contributed by atoms with Crippen molar-refractivity contribution in [1.29, 1.82) is 0 Å². The zero-order valence-corrected chi connectivity index (χ0v) is 7.80. The van der Waals surface area contributed by atoms with Crippen LogP contribution in [0.2, 0.25) is 0 Å². The lowest BCUT2D eigenvalue weighted by Crippen LogP contribution is -1.97. The van der Waals surface area contributed by atoms with Crippen molar-refractivity contribution in [2.45, 2.75) is 13.3 Å². The van der Waals surface area contributed by atoms with Crippen molar-refractivity contribution in [3.05, 3.63) is 23.1 Å². The first-order valence-electron chi connectivity index (χ1n) is 3.85. The van der Waals surface area contributed by atoms with Crippen molar-refractivity contribution in [2.24, 2.45) is 0 Å². The van der Waals surface area contributed by atoms with Gasteiger partial charge in [0.1, 0.15) is 0 Å². The van der Waals surface area contributed by atoms with Crippen LogP contribution in [0.15, 0.2) is 23.1 Å². The van der Waals surface area contributed by atoms with Crippen molar-refractivity contribution in [2.75, 3.05) is 5.75 Å². The molecule has 2 nitrogen and oxygen atoms in total. The molecule has 0 aromatic carbocycles. The monoisotopic (exact) mass is 184 g/mol. The number of hydrogen-bond acceptors (Lipinski definition) is 1. The van der Waals surface area contributed by atoms with Crippen LogP contribution in [0.5, 0.6) is 0 Å². The standard InChI is InChI=1S/C9H12O2S/c1-2-12-5-3-8(4-6-12)7-9(10)11/h3-6H,2,7H2,1H3,(H,10,11). The molecule has 1 N–H and O–H groups in total. The maximum atomic E-state index is 10.3. The molecule has 12 heavy (non-hydrogen) atoms. The second kappa shape index (κ2) is 4.26. The minimum Gasteiger partial charge on any atom is -0.481 e. The van der Waals surface area contributed by atoms with Gasteiger partial charge in [0.05, 0.1) is 6.42 Å². The van der Waals surface area contributed by atoms with Crippen molar-refractivity contribution < 1.29 is 9.90 Å². The van der Waals surface area contributed by atoms with Gasteiger partial charge in [0.25, 0.3) is 0 Å². The van der Waals surface area contributed by atoms with Crippen molar-refractivity contribution in [1.82, 2.24) is 0 Å². The summed E-state index contributed by atoms with van der Waals surface area (Å²) in [6.07, 6.45) is 3.97. The molecule has 0 saturated heterocycles. The molecular weight excluding hydrogens is 172 g/mol. The van der Waals surface area contributed by atoms with Gasteiger partial charge in [0.15, 0.2) is 0 Å². The van der Waals surface area contributed by atoms with Crippen LogP contribution in [0.3, 0.4) is 0 Å². The van der Waals surface area contributed by atoms with Gasteiger partial charge >= 0.3 is 5.97 Å². The SMILES string of the molecule is CCS1=CC=C(CC(=O)O)C=C1. The molecule has 1 aliphatic rings. The van der Waals surface area contributed by atoms with E-state index >= 15 is 0 Å². The molecule has 0 aliphatic carbocycles. The largest absolute Gasteiger partial charge is 0.481 e. The van der Waals surface area contributed by atoms with E-state index in [1.807, 2.05) is 12.2 Å². The first-order valence-corrected chi connectivity index (χ1v) is 5.37. The van der Waals surface area contributed by atoms with E-state index < -0.39 is 5.97 Å². The first kappa shape index (κ1) is 9.26. The summed E-state index contributed by atoms with van der Waals surface area (Å²) in [7, 11) is 0.238. The van der Waals surface area contributed by atoms with Crippen LogP contribution in [0.25, 0.3) is 0 Å². The van der Waals surface area contributed by atoms with E-state index in [0.29, 0.717) is 0 Å². The maximum absolute atomic E-state index is 10.3. The molecule has 3 heteroatoms. The van der Waals surface area contributed by atoms with Crippen LogP contribution in [0.4, 0.5) is 0 Å². The summed E-state index contributed by atoms with van der Waals surface area (Å²) in [4.78, 5) is 10.3. The second-order valence-electron chi connectivity index (χ2n) is 2.51. The van der Waals surface area contributed by atoms with E-state index in [-0.39, 0.29) is 16.9 Å². The van der Waals surface area contributed by atoms with E-state index in [1.165, 1.54) is 0 Å². The minimum atomic E-state index is -0.766. The highest BCUT2D eigenvalue weighted by atomic mass is 32.2. The molecule has 0 saturated carbocycles. The van der Waals surface area contributed by atoms with E-state index in [1.54, 1.807) is 0 Å². The predicted octanol–water partition coefficient (Wildman–Crippen LogP) is 2.01. The van der Waals surface area contributed by atoms with E-state index in [4.69, 9.17) is 5.11 Å². The van der Waals surface area contributed by atoms with Gasteiger partial charge in [-0.25, -0.2) is 0 Å². The van der Waals surface area contributed by atoms with Gasteiger partial charge in [0.2, 0.25) is 0 Å². The first-order chi connectivity index (χ1) is 5.72. The summed E-state index contributed by atoms with van der Waals surface area (Å²) in [6.45, 7) is 2.12. The van der Waals surface area contributed by atoms with Crippen molar-refractivity contribution >= 4 is 21.8 Å². The molecule has 0 aromatic heterocycles. The molecule has 0 spiro atoms. The molecular formula is C9H12O2S. The Bertz CT molecular complexity index is 274. The van der Waals surface area contributed by atoms with Crippen LogP contribution in [-0.4, -0.2) is 22.2 Å². The van der Waals surface area contributed by atoms with Crippen LogP contribution in [-0.2, 0) is 4.79 Å². The Morgan fingerprint density at radius 3 is 2.83 bits per heavy atom. The fourth-order valence-electron chi connectivity index (χ4n) is 0.935. The molecule has 0 amide bonds. The van der Waals surface area contributed by atoms with E-state index in [2.05, 4.69) is 17.7 Å². The van der Waals surface area contributed by atoms with Crippen LogP contribution >= 0.6 is 10.5 Å². The predicted molar refractivity (Wildman–Crippen MR) is 53.7 cm³/mol. The van der Waals surface area contributed by atoms with Gasteiger partial charge in [-0.2, -0.15) is 10.5 Å².